The summed E-state index contributed by atoms with van der Waals surface area (Å²) in [5.74, 6) is -0.186. The molecule has 26 heavy (non-hydrogen) atoms. The molecule has 0 saturated heterocycles. The van der Waals surface area contributed by atoms with Crippen molar-refractivity contribution >= 4 is 5.97 Å². The lowest BCUT2D eigenvalue weighted by molar-refractivity contribution is 0.0612. The van der Waals surface area contributed by atoms with Crippen molar-refractivity contribution in [1.82, 2.24) is 5.32 Å². The first-order valence-corrected chi connectivity index (χ1v) is 8.32. The van der Waals surface area contributed by atoms with Crippen LogP contribution in [0.2, 0.25) is 0 Å². The summed E-state index contributed by atoms with van der Waals surface area (Å²) >= 11 is 0. The molecule has 0 bridgehead atoms. The second-order valence-electron chi connectivity index (χ2n) is 6.21. The van der Waals surface area contributed by atoms with E-state index < -0.39 is 12.1 Å². The van der Waals surface area contributed by atoms with Crippen LogP contribution in [0, 0.1) is 0 Å². The normalized spacial score (nSPS) is 18.2. The van der Waals surface area contributed by atoms with Gasteiger partial charge >= 0.3 is 5.97 Å². The second kappa shape index (κ2) is 7.63. The SMILES string of the molecule is CC(NCC(O)c1ccc(O)c(C(=O)O)c1)C1COc2ccccc2O1. The molecule has 4 N–H and O–H groups in total. The molecule has 138 valence electrons. The fourth-order valence-electron chi connectivity index (χ4n) is 2.76. The van der Waals surface area contributed by atoms with Crippen LogP contribution >= 0.6 is 0 Å². The molecule has 1 aliphatic rings. The maximum atomic E-state index is 11.1. The van der Waals surface area contributed by atoms with Crippen molar-refractivity contribution in [2.75, 3.05) is 13.2 Å². The summed E-state index contributed by atoms with van der Waals surface area (Å²) in [6.07, 6.45) is -1.14. The van der Waals surface area contributed by atoms with Crippen LogP contribution < -0.4 is 14.8 Å². The molecule has 7 heteroatoms. The van der Waals surface area contributed by atoms with Crippen molar-refractivity contribution in [1.29, 1.82) is 0 Å². The topological polar surface area (TPSA) is 108 Å². The van der Waals surface area contributed by atoms with E-state index in [1.807, 2.05) is 31.2 Å². The Balaban J connectivity index is 1.59. The van der Waals surface area contributed by atoms with E-state index in [1.165, 1.54) is 18.2 Å². The van der Waals surface area contributed by atoms with Crippen LogP contribution in [0.25, 0.3) is 0 Å². The number of ether oxygens (including phenoxy) is 2. The van der Waals surface area contributed by atoms with Gasteiger partial charge in [-0.15, -0.1) is 0 Å². The number of para-hydroxylation sites is 2. The van der Waals surface area contributed by atoms with E-state index in [0.717, 1.165) is 0 Å². The highest BCUT2D eigenvalue weighted by molar-refractivity contribution is 5.90. The summed E-state index contributed by atoms with van der Waals surface area (Å²) < 4.78 is 11.6. The quantitative estimate of drug-likeness (QED) is 0.624. The van der Waals surface area contributed by atoms with Crippen LogP contribution in [0.4, 0.5) is 0 Å². The number of fused-ring (bicyclic) bond motifs is 1. The van der Waals surface area contributed by atoms with Crippen molar-refractivity contribution < 1.29 is 29.6 Å². The minimum Gasteiger partial charge on any atom is -0.507 e. The number of hydrogen-bond donors (Lipinski definition) is 4. The lowest BCUT2D eigenvalue weighted by Gasteiger charge is -2.31. The Bertz CT molecular complexity index is 793. The molecule has 0 radical (unpaired) electrons. The number of phenols is 1. The molecule has 0 aliphatic carbocycles. The Morgan fingerprint density at radius 1 is 1.27 bits per heavy atom. The first-order valence-electron chi connectivity index (χ1n) is 8.32. The van der Waals surface area contributed by atoms with Crippen LogP contribution in [0.15, 0.2) is 42.5 Å². The number of carboxylic acids is 1. The van der Waals surface area contributed by atoms with Crippen LogP contribution in [-0.4, -0.2) is 46.6 Å². The zero-order valence-electron chi connectivity index (χ0n) is 14.3. The third kappa shape index (κ3) is 3.89. The van der Waals surface area contributed by atoms with Crippen LogP contribution in [0.3, 0.4) is 0 Å². The molecule has 0 aromatic heterocycles. The number of aromatic hydroxyl groups is 1. The summed E-state index contributed by atoms with van der Waals surface area (Å²) in [7, 11) is 0. The van der Waals surface area contributed by atoms with E-state index in [2.05, 4.69) is 5.32 Å². The van der Waals surface area contributed by atoms with Gasteiger partial charge in [-0.3, -0.25) is 0 Å². The second-order valence-corrected chi connectivity index (χ2v) is 6.21. The number of aliphatic hydroxyl groups excluding tert-OH is 1. The fourth-order valence-corrected chi connectivity index (χ4v) is 2.76. The number of aliphatic hydroxyl groups is 1. The molecule has 1 aliphatic heterocycles. The average Bonchev–Trinajstić information content (AvgIpc) is 2.65. The molecule has 0 fully saturated rings. The van der Waals surface area contributed by atoms with Gasteiger partial charge in [-0.05, 0) is 36.8 Å². The van der Waals surface area contributed by atoms with E-state index >= 15 is 0 Å². The number of carboxylic acid groups (broad SMARTS) is 1. The van der Waals surface area contributed by atoms with E-state index in [4.69, 9.17) is 14.6 Å². The van der Waals surface area contributed by atoms with Gasteiger partial charge in [0.25, 0.3) is 0 Å². The van der Waals surface area contributed by atoms with Crippen molar-refractivity contribution in [3.63, 3.8) is 0 Å². The van der Waals surface area contributed by atoms with Gasteiger partial charge in [0, 0.05) is 12.6 Å². The number of benzene rings is 2. The monoisotopic (exact) mass is 359 g/mol. The lowest BCUT2D eigenvalue weighted by atomic mass is 10.0. The number of hydrogen-bond acceptors (Lipinski definition) is 6. The van der Waals surface area contributed by atoms with Gasteiger partial charge in [-0.25, -0.2) is 4.79 Å². The number of rotatable bonds is 6. The molecule has 0 spiro atoms. The molecular weight excluding hydrogens is 338 g/mol. The van der Waals surface area contributed by atoms with Gasteiger partial charge < -0.3 is 30.1 Å². The molecule has 3 rings (SSSR count). The molecule has 7 nitrogen and oxygen atoms in total. The minimum absolute atomic E-state index is 0.103. The van der Waals surface area contributed by atoms with Crippen LogP contribution in [0.5, 0.6) is 17.2 Å². The summed E-state index contributed by atoms with van der Waals surface area (Å²) in [6, 6.07) is 11.4. The van der Waals surface area contributed by atoms with Gasteiger partial charge in [-0.1, -0.05) is 18.2 Å². The fraction of sp³-hybridized carbons (Fsp3) is 0.316. The number of carbonyl (C=O) groups is 1. The average molecular weight is 359 g/mol. The van der Waals surface area contributed by atoms with Gasteiger partial charge in [-0.2, -0.15) is 0 Å². The third-order valence-electron chi connectivity index (χ3n) is 4.36. The molecule has 2 aromatic rings. The van der Waals surface area contributed by atoms with Crippen molar-refractivity contribution in [3.05, 3.63) is 53.6 Å². The predicted octanol–water partition coefficient (Wildman–Crippen LogP) is 1.94. The molecule has 3 atom stereocenters. The summed E-state index contributed by atoms with van der Waals surface area (Å²) in [5, 5.41) is 32.1. The zero-order chi connectivity index (χ0) is 18.7. The van der Waals surface area contributed by atoms with Crippen molar-refractivity contribution in [2.45, 2.75) is 25.2 Å². The minimum atomic E-state index is -1.25. The summed E-state index contributed by atoms with van der Waals surface area (Å²) in [5.41, 5.74) is 0.168. The maximum absolute atomic E-state index is 11.1. The van der Waals surface area contributed by atoms with E-state index in [0.29, 0.717) is 23.7 Å². The summed E-state index contributed by atoms with van der Waals surface area (Å²) in [4.78, 5) is 11.1. The molecule has 0 amide bonds. The van der Waals surface area contributed by atoms with E-state index in [9.17, 15) is 15.0 Å². The zero-order valence-corrected chi connectivity index (χ0v) is 14.3. The smallest absolute Gasteiger partial charge is 0.339 e. The standard InChI is InChI=1S/C19H21NO6/c1-11(18-10-25-16-4-2-3-5-17(16)26-18)20-9-15(22)12-6-7-14(21)13(8-12)19(23)24/h2-8,11,15,18,20-22H,9-10H2,1H3,(H,23,24). The van der Waals surface area contributed by atoms with Gasteiger partial charge in [0.05, 0.1) is 6.10 Å². The number of nitrogens with one attached hydrogen (secondary N) is 1. The van der Waals surface area contributed by atoms with Crippen LogP contribution in [-0.2, 0) is 0 Å². The Morgan fingerprint density at radius 3 is 2.73 bits per heavy atom. The molecular formula is C19H21NO6. The third-order valence-corrected chi connectivity index (χ3v) is 4.36. The Labute approximate surface area is 150 Å². The van der Waals surface area contributed by atoms with Gasteiger partial charge in [0.2, 0.25) is 0 Å². The summed E-state index contributed by atoms with van der Waals surface area (Å²) in [6.45, 7) is 2.52. The Morgan fingerprint density at radius 2 is 2.00 bits per heavy atom. The first-order chi connectivity index (χ1) is 12.5. The van der Waals surface area contributed by atoms with Crippen molar-refractivity contribution in [2.24, 2.45) is 0 Å². The highest BCUT2D eigenvalue weighted by Crippen LogP contribution is 2.31. The maximum Gasteiger partial charge on any atom is 0.339 e. The van der Waals surface area contributed by atoms with Crippen molar-refractivity contribution in [3.8, 4) is 17.2 Å². The first kappa shape index (κ1) is 18.0. The van der Waals surface area contributed by atoms with Gasteiger partial charge in [0.15, 0.2) is 11.5 Å². The Hall–Kier alpha value is -2.77. The van der Waals surface area contributed by atoms with Gasteiger partial charge in [0.1, 0.15) is 24.0 Å². The highest BCUT2D eigenvalue weighted by Gasteiger charge is 2.26. The molecule has 1 heterocycles. The largest absolute Gasteiger partial charge is 0.507 e. The van der Waals surface area contributed by atoms with E-state index in [1.54, 1.807) is 0 Å². The Kier molecular flexibility index (Phi) is 5.29. The van der Waals surface area contributed by atoms with E-state index in [-0.39, 0.29) is 30.0 Å². The predicted molar refractivity (Wildman–Crippen MR) is 93.8 cm³/mol. The molecule has 0 saturated carbocycles. The lowest BCUT2D eigenvalue weighted by Crippen LogP contribution is -2.47. The van der Waals surface area contributed by atoms with Crippen LogP contribution in [0.1, 0.15) is 28.9 Å². The molecule has 2 aromatic carbocycles. The molecule has 3 unspecified atom stereocenters. The number of aromatic carboxylic acids is 1. The highest BCUT2D eigenvalue weighted by atomic mass is 16.6.